The third kappa shape index (κ3) is 3.23. The van der Waals surface area contributed by atoms with Crippen molar-refractivity contribution in [3.63, 3.8) is 0 Å². The van der Waals surface area contributed by atoms with E-state index in [0.29, 0.717) is 16.6 Å². The first kappa shape index (κ1) is 16.7. The van der Waals surface area contributed by atoms with Gasteiger partial charge in [-0.05, 0) is 29.8 Å². The quantitative estimate of drug-likeness (QED) is 0.590. The van der Waals surface area contributed by atoms with Crippen LogP contribution in [0, 0.1) is 0 Å². The molecule has 0 atom stereocenters. The highest BCUT2D eigenvalue weighted by Crippen LogP contribution is 2.42. The maximum Gasteiger partial charge on any atom is 0.135 e. The van der Waals surface area contributed by atoms with Gasteiger partial charge in [0.15, 0.2) is 0 Å². The number of aromatic nitrogens is 1. The summed E-state index contributed by atoms with van der Waals surface area (Å²) in [6.45, 7) is 0.399. The molecule has 0 saturated heterocycles. The molecule has 0 amide bonds. The molecule has 0 radical (unpaired) electrons. The molecule has 0 aliphatic carbocycles. The number of benzene rings is 2. The topological polar surface area (TPSA) is 50.9 Å². The summed E-state index contributed by atoms with van der Waals surface area (Å²) in [5, 5.41) is 4.45. The first-order valence-electron chi connectivity index (χ1n) is 7.83. The first-order chi connectivity index (χ1) is 12.2. The van der Waals surface area contributed by atoms with Crippen molar-refractivity contribution in [2.24, 2.45) is 5.73 Å². The van der Waals surface area contributed by atoms with E-state index in [1.807, 2.05) is 12.1 Å². The van der Waals surface area contributed by atoms with Crippen molar-refractivity contribution in [2.45, 2.75) is 17.2 Å². The molecule has 3 nitrogen and oxygen atoms in total. The molecule has 4 rings (SSSR count). The minimum absolute atomic E-state index is 0.399. The fourth-order valence-corrected chi connectivity index (χ4v) is 4.39. The van der Waals surface area contributed by atoms with Gasteiger partial charge in [-0.1, -0.05) is 47.5 Å². The number of thioether (sulfide) groups is 1. The number of halogens is 2. The number of anilines is 2. The summed E-state index contributed by atoms with van der Waals surface area (Å²) < 4.78 is 0. The van der Waals surface area contributed by atoms with E-state index in [-0.39, 0.29) is 0 Å². The Morgan fingerprint density at radius 2 is 1.96 bits per heavy atom. The molecule has 0 unspecified atom stereocenters. The third-order valence-corrected chi connectivity index (χ3v) is 5.75. The van der Waals surface area contributed by atoms with Crippen molar-refractivity contribution in [2.75, 3.05) is 5.32 Å². The van der Waals surface area contributed by atoms with Crippen LogP contribution in [0.25, 0.3) is 11.3 Å². The number of fused-ring (bicyclic) bond motifs is 3. The van der Waals surface area contributed by atoms with E-state index in [1.165, 1.54) is 11.1 Å². The van der Waals surface area contributed by atoms with E-state index in [4.69, 9.17) is 33.9 Å². The average Bonchev–Trinajstić information content (AvgIpc) is 2.63. The second-order valence-electron chi connectivity index (χ2n) is 5.74. The lowest BCUT2D eigenvalue weighted by Crippen LogP contribution is -2.08. The second-order valence-corrected chi connectivity index (χ2v) is 7.60. The molecule has 6 heteroatoms. The normalized spacial score (nSPS) is 12.4. The fourth-order valence-electron chi connectivity index (χ4n) is 2.85. The monoisotopic (exact) mass is 387 g/mol. The van der Waals surface area contributed by atoms with Gasteiger partial charge in [-0.15, -0.1) is 11.8 Å². The van der Waals surface area contributed by atoms with Crippen LogP contribution in [0.4, 0.5) is 11.5 Å². The first-order valence-corrected chi connectivity index (χ1v) is 9.57. The highest BCUT2D eigenvalue weighted by molar-refractivity contribution is 7.98. The third-order valence-electron chi connectivity index (χ3n) is 4.13. The van der Waals surface area contributed by atoms with Gasteiger partial charge in [0, 0.05) is 33.3 Å². The number of nitrogens with two attached hydrogens (primary N) is 1. The summed E-state index contributed by atoms with van der Waals surface area (Å²) >= 11 is 14.1. The van der Waals surface area contributed by atoms with Crippen molar-refractivity contribution in [3.05, 3.63) is 69.7 Å². The van der Waals surface area contributed by atoms with Crippen LogP contribution in [0.15, 0.2) is 53.4 Å². The Balaban J connectivity index is 1.81. The molecule has 25 heavy (non-hydrogen) atoms. The lowest BCUT2D eigenvalue weighted by Gasteiger charge is -2.21. The molecule has 0 fully saturated rings. The van der Waals surface area contributed by atoms with Crippen LogP contribution in [0.3, 0.4) is 0 Å². The molecule has 3 aromatic rings. The average molecular weight is 388 g/mol. The molecular weight excluding hydrogens is 373 g/mol. The van der Waals surface area contributed by atoms with Gasteiger partial charge in [0.1, 0.15) is 5.82 Å². The molecule has 0 bridgehead atoms. The highest BCUT2D eigenvalue weighted by Gasteiger charge is 2.20. The SMILES string of the molecule is NCc1cc2c(nc1Nc1ccc(Cl)cc1Cl)-c1ccccc1CS2. The maximum atomic E-state index is 6.29. The zero-order valence-electron chi connectivity index (χ0n) is 13.2. The maximum absolute atomic E-state index is 6.29. The Morgan fingerprint density at radius 3 is 2.76 bits per heavy atom. The number of nitrogens with zero attached hydrogens (tertiary/aromatic N) is 1. The molecule has 126 valence electrons. The van der Waals surface area contributed by atoms with E-state index in [1.54, 1.807) is 23.9 Å². The Morgan fingerprint density at radius 1 is 1.12 bits per heavy atom. The molecular formula is C19H15Cl2N3S. The Hall–Kier alpha value is -1.72. The van der Waals surface area contributed by atoms with Crippen molar-refractivity contribution >= 4 is 46.5 Å². The summed E-state index contributed by atoms with van der Waals surface area (Å²) in [6.07, 6.45) is 0. The van der Waals surface area contributed by atoms with Crippen LogP contribution in [0.2, 0.25) is 10.0 Å². The Bertz CT molecular complexity index is 959. The molecule has 2 aromatic carbocycles. The smallest absolute Gasteiger partial charge is 0.135 e. The molecule has 0 spiro atoms. The van der Waals surface area contributed by atoms with Crippen molar-refractivity contribution in [1.29, 1.82) is 0 Å². The molecule has 3 N–H and O–H groups in total. The fraction of sp³-hybridized carbons (Fsp3) is 0.105. The number of rotatable bonds is 3. The van der Waals surface area contributed by atoms with E-state index in [2.05, 4.69) is 29.6 Å². The van der Waals surface area contributed by atoms with E-state index in [9.17, 15) is 0 Å². The van der Waals surface area contributed by atoms with Gasteiger partial charge in [-0.3, -0.25) is 0 Å². The largest absolute Gasteiger partial charge is 0.339 e. The summed E-state index contributed by atoms with van der Waals surface area (Å²) in [7, 11) is 0. The second kappa shape index (κ2) is 6.89. The lowest BCUT2D eigenvalue weighted by atomic mass is 10.0. The lowest BCUT2D eigenvalue weighted by molar-refractivity contribution is 1.03. The predicted octanol–water partition coefficient (Wildman–Crippen LogP) is 5.86. The van der Waals surface area contributed by atoms with Crippen molar-refractivity contribution in [1.82, 2.24) is 4.98 Å². The van der Waals surface area contributed by atoms with Crippen LogP contribution < -0.4 is 11.1 Å². The summed E-state index contributed by atoms with van der Waals surface area (Å²) in [4.78, 5) is 6.04. The zero-order valence-corrected chi connectivity index (χ0v) is 15.6. The number of hydrogen-bond acceptors (Lipinski definition) is 4. The number of pyridine rings is 1. The Labute approximate surface area is 160 Å². The summed E-state index contributed by atoms with van der Waals surface area (Å²) in [5.41, 5.74) is 11.1. The standard InChI is InChI=1S/C19H15Cl2N3S/c20-13-5-6-16(15(21)8-13)23-19-12(9-22)7-17-18(24-19)14-4-2-1-3-11(14)10-25-17/h1-8H,9-10,22H2,(H,23,24). The van der Waals surface area contributed by atoms with Gasteiger partial charge >= 0.3 is 0 Å². The van der Waals surface area contributed by atoms with Crippen LogP contribution in [0.5, 0.6) is 0 Å². The van der Waals surface area contributed by atoms with Crippen LogP contribution in [-0.2, 0) is 12.3 Å². The molecule has 1 aliphatic heterocycles. The molecule has 2 heterocycles. The zero-order chi connectivity index (χ0) is 17.4. The van der Waals surface area contributed by atoms with Crippen LogP contribution in [0.1, 0.15) is 11.1 Å². The van der Waals surface area contributed by atoms with E-state index >= 15 is 0 Å². The van der Waals surface area contributed by atoms with Crippen molar-refractivity contribution < 1.29 is 0 Å². The molecule has 1 aromatic heterocycles. The van der Waals surface area contributed by atoms with Gasteiger partial charge in [0.05, 0.1) is 16.4 Å². The molecule has 0 saturated carbocycles. The van der Waals surface area contributed by atoms with Gasteiger partial charge < -0.3 is 11.1 Å². The minimum Gasteiger partial charge on any atom is -0.339 e. The van der Waals surface area contributed by atoms with Crippen LogP contribution in [-0.4, -0.2) is 4.98 Å². The van der Waals surface area contributed by atoms with E-state index in [0.717, 1.165) is 33.4 Å². The number of nitrogens with one attached hydrogen (secondary N) is 1. The number of hydrogen-bond donors (Lipinski definition) is 2. The van der Waals surface area contributed by atoms with Gasteiger partial charge in [0.2, 0.25) is 0 Å². The highest BCUT2D eigenvalue weighted by atomic mass is 35.5. The van der Waals surface area contributed by atoms with Crippen molar-refractivity contribution in [3.8, 4) is 11.3 Å². The van der Waals surface area contributed by atoms with Crippen LogP contribution >= 0.6 is 35.0 Å². The predicted molar refractivity (Wildman–Crippen MR) is 107 cm³/mol. The Kier molecular flexibility index (Phi) is 4.61. The van der Waals surface area contributed by atoms with E-state index < -0.39 is 0 Å². The van der Waals surface area contributed by atoms with Gasteiger partial charge in [-0.25, -0.2) is 4.98 Å². The van der Waals surface area contributed by atoms with Gasteiger partial charge in [0.25, 0.3) is 0 Å². The minimum atomic E-state index is 0.399. The molecule has 1 aliphatic rings. The van der Waals surface area contributed by atoms with Gasteiger partial charge in [-0.2, -0.15) is 0 Å². The summed E-state index contributed by atoms with van der Waals surface area (Å²) in [6, 6.07) is 15.8. The summed E-state index contributed by atoms with van der Waals surface area (Å²) in [5.74, 6) is 1.67.